The number of carboxylic acids is 1. The summed E-state index contributed by atoms with van der Waals surface area (Å²) in [5.41, 5.74) is 0. The van der Waals surface area contributed by atoms with Crippen molar-refractivity contribution in [1.82, 2.24) is 0 Å². The van der Waals surface area contributed by atoms with E-state index in [2.05, 4.69) is 0 Å². The van der Waals surface area contributed by atoms with E-state index in [1.807, 2.05) is 6.92 Å². The molecule has 3 nitrogen and oxygen atoms in total. The van der Waals surface area contributed by atoms with Gasteiger partial charge < -0.3 is 10.2 Å². The normalized spacial score (nSPS) is 13.6. The molecule has 0 amide bonds. The molecule has 64 valence electrons. The summed E-state index contributed by atoms with van der Waals surface area (Å²) in [6.07, 6.45) is 4.18. The molecular weight excluding hydrogens is 144 g/mol. The molecule has 0 rings (SSSR count). The van der Waals surface area contributed by atoms with Crippen LogP contribution in [-0.2, 0) is 4.79 Å². The van der Waals surface area contributed by atoms with Gasteiger partial charge in [-0.3, -0.25) is 4.79 Å². The summed E-state index contributed by atoms with van der Waals surface area (Å²) >= 11 is 0. The number of hydrogen-bond acceptors (Lipinski definition) is 2. The van der Waals surface area contributed by atoms with Gasteiger partial charge in [0.2, 0.25) is 0 Å². The van der Waals surface area contributed by atoms with Crippen LogP contribution >= 0.6 is 0 Å². The third kappa shape index (κ3) is 7.06. The summed E-state index contributed by atoms with van der Waals surface area (Å²) < 4.78 is 0. The first-order chi connectivity index (χ1) is 5.16. The Bertz CT molecular complexity index is 140. The van der Waals surface area contributed by atoms with Gasteiger partial charge in [0.05, 0.1) is 12.5 Å². The molecule has 3 heteroatoms. The molecule has 0 spiro atoms. The monoisotopic (exact) mass is 158 g/mol. The quantitative estimate of drug-likeness (QED) is 0.590. The molecule has 0 unspecified atom stereocenters. The molecule has 0 saturated heterocycles. The summed E-state index contributed by atoms with van der Waals surface area (Å²) in [5, 5.41) is 17.2. The van der Waals surface area contributed by atoms with E-state index in [1.165, 1.54) is 6.08 Å². The van der Waals surface area contributed by atoms with Gasteiger partial charge in [0.1, 0.15) is 0 Å². The van der Waals surface area contributed by atoms with Gasteiger partial charge in [-0.05, 0) is 6.42 Å². The third-order valence-corrected chi connectivity index (χ3v) is 1.20. The predicted molar refractivity (Wildman–Crippen MR) is 42.3 cm³/mol. The van der Waals surface area contributed by atoms with E-state index in [0.717, 1.165) is 12.8 Å². The summed E-state index contributed by atoms with van der Waals surface area (Å²) in [5.74, 6) is -0.973. The van der Waals surface area contributed by atoms with Crippen LogP contribution in [0.5, 0.6) is 0 Å². The van der Waals surface area contributed by atoms with Gasteiger partial charge in [-0.25, -0.2) is 0 Å². The second kappa shape index (κ2) is 5.92. The molecule has 0 saturated carbocycles. The lowest BCUT2D eigenvalue weighted by molar-refractivity contribution is -0.138. The van der Waals surface area contributed by atoms with Crippen molar-refractivity contribution in [3.05, 3.63) is 12.2 Å². The van der Waals surface area contributed by atoms with Gasteiger partial charge in [0.15, 0.2) is 0 Å². The summed E-state index contributed by atoms with van der Waals surface area (Å²) in [6, 6.07) is 0. The second-order valence-corrected chi connectivity index (χ2v) is 2.38. The van der Waals surface area contributed by atoms with Crippen LogP contribution in [0.25, 0.3) is 0 Å². The molecule has 0 aliphatic rings. The molecule has 0 heterocycles. The number of allylic oxidation sites excluding steroid dienone is 1. The smallest absolute Gasteiger partial charge is 0.306 e. The second-order valence-electron chi connectivity index (χ2n) is 2.38. The van der Waals surface area contributed by atoms with Gasteiger partial charge >= 0.3 is 5.97 Å². The largest absolute Gasteiger partial charge is 0.481 e. The van der Waals surface area contributed by atoms with E-state index in [-0.39, 0.29) is 6.42 Å². The number of carbonyl (C=O) groups is 1. The molecule has 1 atom stereocenters. The Kier molecular flexibility index (Phi) is 5.47. The maximum atomic E-state index is 10.0. The Morgan fingerprint density at radius 3 is 2.73 bits per heavy atom. The molecular formula is C8H14O3. The first-order valence-corrected chi connectivity index (χ1v) is 3.73. The van der Waals surface area contributed by atoms with Gasteiger partial charge in [-0.15, -0.1) is 0 Å². The van der Waals surface area contributed by atoms with Gasteiger partial charge in [0, 0.05) is 0 Å². The Labute approximate surface area is 66.4 Å². The molecule has 0 fully saturated rings. The number of aliphatic hydroxyl groups excluding tert-OH is 1. The number of aliphatic carboxylic acids is 1. The van der Waals surface area contributed by atoms with E-state index in [9.17, 15) is 4.79 Å². The molecule has 0 radical (unpaired) electrons. The third-order valence-electron chi connectivity index (χ3n) is 1.20. The standard InChI is InChI=1S/C8H14O3/c1-2-3-4-5-7(9)6-8(10)11/h4-5,7,9H,2-3,6H2,1H3,(H,10,11)/b5-4+/t7-/m0/s1. The van der Waals surface area contributed by atoms with E-state index in [0.29, 0.717) is 0 Å². The van der Waals surface area contributed by atoms with Crippen molar-refractivity contribution in [3.8, 4) is 0 Å². The zero-order chi connectivity index (χ0) is 8.69. The Hall–Kier alpha value is -0.830. The first-order valence-electron chi connectivity index (χ1n) is 3.73. The van der Waals surface area contributed by atoms with Crippen molar-refractivity contribution in [2.45, 2.75) is 32.3 Å². The summed E-state index contributed by atoms with van der Waals surface area (Å²) in [7, 11) is 0. The van der Waals surface area contributed by atoms with Crippen molar-refractivity contribution in [1.29, 1.82) is 0 Å². The number of unbranched alkanes of at least 4 members (excludes halogenated alkanes) is 1. The number of carboxylic acid groups (broad SMARTS) is 1. The average Bonchev–Trinajstić information content (AvgIpc) is 1.86. The molecule has 0 bridgehead atoms. The minimum atomic E-state index is -0.973. The molecule has 0 aliphatic carbocycles. The lowest BCUT2D eigenvalue weighted by Gasteiger charge is -1.98. The van der Waals surface area contributed by atoms with Crippen LogP contribution in [0.1, 0.15) is 26.2 Å². The summed E-state index contributed by atoms with van der Waals surface area (Å²) in [4.78, 5) is 10.0. The Balaban J connectivity index is 3.50. The SMILES string of the molecule is CCC/C=C/[C@H](O)CC(=O)O. The highest BCUT2D eigenvalue weighted by molar-refractivity contribution is 5.67. The van der Waals surface area contributed by atoms with E-state index in [1.54, 1.807) is 6.08 Å². The minimum Gasteiger partial charge on any atom is -0.481 e. The van der Waals surface area contributed by atoms with Crippen LogP contribution in [0.2, 0.25) is 0 Å². The van der Waals surface area contributed by atoms with E-state index >= 15 is 0 Å². The lowest BCUT2D eigenvalue weighted by Crippen LogP contribution is -2.09. The Morgan fingerprint density at radius 1 is 1.64 bits per heavy atom. The van der Waals surface area contributed by atoms with E-state index in [4.69, 9.17) is 10.2 Å². The maximum Gasteiger partial charge on any atom is 0.306 e. The number of aliphatic hydroxyl groups is 1. The molecule has 2 N–H and O–H groups in total. The highest BCUT2D eigenvalue weighted by Gasteiger charge is 2.03. The molecule has 11 heavy (non-hydrogen) atoms. The van der Waals surface area contributed by atoms with Crippen LogP contribution in [0.3, 0.4) is 0 Å². The van der Waals surface area contributed by atoms with Crippen LogP contribution in [0.15, 0.2) is 12.2 Å². The van der Waals surface area contributed by atoms with E-state index < -0.39 is 12.1 Å². The minimum absolute atomic E-state index is 0.208. The van der Waals surface area contributed by atoms with Crippen LogP contribution in [-0.4, -0.2) is 22.3 Å². The zero-order valence-electron chi connectivity index (χ0n) is 6.66. The number of rotatable bonds is 5. The first kappa shape index (κ1) is 10.2. The van der Waals surface area contributed by atoms with Crippen LogP contribution < -0.4 is 0 Å². The average molecular weight is 158 g/mol. The highest BCUT2D eigenvalue weighted by atomic mass is 16.4. The van der Waals surface area contributed by atoms with Crippen molar-refractivity contribution in [3.63, 3.8) is 0 Å². The molecule has 0 aliphatic heterocycles. The number of hydrogen-bond donors (Lipinski definition) is 2. The maximum absolute atomic E-state index is 10.0. The fourth-order valence-electron chi connectivity index (χ4n) is 0.667. The van der Waals surface area contributed by atoms with Crippen molar-refractivity contribution in [2.75, 3.05) is 0 Å². The predicted octanol–water partition coefficient (Wildman–Crippen LogP) is 1.18. The van der Waals surface area contributed by atoms with Gasteiger partial charge in [0.25, 0.3) is 0 Å². The lowest BCUT2D eigenvalue weighted by atomic mass is 10.2. The van der Waals surface area contributed by atoms with Crippen LogP contribution in [0, 0.1) is 0 Å². The Morgan fingerprint density at radius 2 is 2.27 bits per heavy atom. The molecule has 0 aromatic carbocycles. The summed E-state index contributed by atoms with van der Waals surface area (Å²) in [6.45, 7) is 2.02. The van der Waals surface area contributed by atoms with Crippen molar-refractivity contribution in [2.24, 2.45) is 0 Å². The molecule has 0 aromatic rings. The molecule has 0 aromatic heterocycles. The fraction of sp³-hybridized carbons (Fsp3) is 0.625. The van der Waals surface area contributed by atoms with Gasteiger partial charge in [-0.2, -0.15) is 0 Å². The fourth-order valence-corrected chi connectivity index (χ4v) is 0.667. The van der Waals surface area contributed by atoms with Gasteiger partial charge in [-0.1, -0.05) is 25.5 Å². The zero-order valence-corrected chi connectivity index (χ0v) is 6.66. The van der Waals surface area contributed by atoms with Crippen molar-refractivity contribution >= 4 is 5.97 Å². The van der Waals surface area contributed by atoms with Crippen molar-refractivity contribution < 1.29 is 15.0 Å². The highest BCUT2D eigenvalue weighted by Crippen LogP contribution is 1.96. The van der Waals surface area contributed by atoms with Crippen LogP contribution in [0.4, 0.5) is 0 Å². The topological polar surface area (TPSA) is 57.5 Å².